The Balaban J connectivity index is 3.71. The molecule has 0 heterocycles. The molecule has 0 saturated carbocycles. The minimum atomic E-state index is -2.63. The Kier molecular flexibility index (Phi) is 4.21. The SMILES string of the molecule is CCOC(=O)NN=S(=O)=O. The van der Waals surface area contributed by atoms with Gasteiger partial charge in [0, 0.05) is 0 Å². The fourth-order valence-electron chi connectivity index (χ4n) is 0.238. The highest BCUT2D eigenvalue weighted by Crippen LogP contribution is 1.74. The van der Waals surface area contributed by atoms with E-state index in [2.05, 4.69) is 9.21 Å². The fourth-order valence-corrected chi connectivity index (χ4v) is 0.387. The van der Waals surface area contributed by atoms with Gasteiger partial charge < -0.3 is 4.74 Å². The summed E-state index contributed by atoms with van der Waals surface area (Å²) in [5.41, 5.74) is 1.63. The summed E-state index contributed by atoms with van der Waals surface area (Å²) in [6.07, 6.45) is -0.883. The van der Waals surface area contributed by atoms with Crippen LogP contribution in [-0.2, 0) is 15.2 Å². The molecule has 1 amide bonds. The van der Waals surface area contributed by atoms with Crippen LogP contribution in [0.3, 0.4) is 0 Å². The van der Waals surface area contributed by atoms with Crippen LogP contribution >= 0.6 is 0 Å². The Labute approximate surface area is 58.9 Å². The number of hydrogen-bond acceptors (Lipinski definition) is 5. The van der Waals surface area contributed by atoms with E-state index in [0.717, 1.165) is 0 Å². The summed E-state index contributed by atoms with van der Waals surface area (Å²) >= 11 is 0. The summed E-state index contributed by atoms with van der Waals surface area (Å²) in [5.74, 6) is 0. The summed E-state index contributed by atoms with van der Waals surface area (Å²) in [7, 11) is -2.63. The molecule has 0 aliphatic carbocycles. The largest absolute Gasteiger partial charge is 0.449 e. The van der Waals surface area contributed by atoms with Gasteiger partial charge in [-0.2, -0.15) is 13.8 Å². The lowest BCUT2D eigenvalue weighted by Gasteiger charge is -1.94. The molecule has 0 unspecified atom stereocenters. The highest BCUT2D eigenvalue weighted by molar-refractivity contribution is 7.61. The normalized spacial score (nSPS) is 8.10. The van der Waals surface area contributed by atoms with Gasteiger partial charge in [-0.1, -0.05) is 0 Å². The first kappa shape index (κ1) is 8.89. The smallest absolute Gasteiger partial charge is 0.428 e. The van der Waals surface area contributed by atoms with Gasteiger partial charge in [-0.25, -0.2) is 4.79 Å². The van der Waals surface area contributed by atoms with Crippen LogP contribution < -0.4 is 5.43 Å². The van der Waals surface area contributed by atoms with Gasteiger partial charge in [0.05, 0.1) is 6.61 Å². The van der Waals surface area contributed by atoms with Crippen LogP contribution in [0.15, 0.2) is 4.47 Å². The second-order valence-corrected chi connectivity index (χ2v) is 1.76. The Morgan fingerprint density at radius 1 is 1.70 bits per heavy atom. The third-order valence-electron chi connectivity index (χ3n) is 0.487. The molecular weight excluding hydrogens is 160 g/mol. The maximum Gasteiger partial charge on any atom is 0.428 e. The molecule has 0 radical (unpaired) electrons. The van der Waals surface area contributed by atoms with Crippen molar-refractivity contribution in [1.82, 2.24) is 5.43 Å². The molecule has 6 nitrogen and oxygen atoms in total. The van der Waals surface area contributed by atoms with Gasteiger partial charge in [0.1, 0.15) is 0 Å². The third-order valence-corrected chi connectivity index (χ3v) is 0.727. The average Bonchev–Trinajstić information content (AvgIpc) is 1.85. The van der Waals surface area contributed by atoms with Crippen molar-refractivity contribution in [3.8, 4) is 0 Å². The van der Waals surface area contributed by atoms with Crippen LogP contribution in [0, 0.1) is 0 Å². The van der Waals surface area contributed by atoms with Gasteiger partial charge in [0.15, 0.2) is 0 Å². The molecule has 0 aliphatic heterocycles. The number of carbonyl (C=O) groups excluding carboxylic acids is 1. The number of rotatable bonds is 2. The predicted molar refractivity (Wildman–Crippen MR) is 31.5 cm³/mol. The third kappa shape index (κ3) is 5.04. The lowest BCUT2D eigenvalue weighted by atomic mass is 10.9. The number of amides is 1. The number of carbonyl (C=O) groups is 1. The second-order valence-electron chi connectivity index (χ2n) is 1.14. The number of nitrogens with one attached hydrogen (secondary N) is 1. The van der Waals surface area contributed by atoms with E-state index in [1.54, 1.807) is 12.3 Å². The van der Waals surface area contributed by atoms with Gasteiger partial charge in [-0.05, 0) is 11.4 Å². The van der Waals surface area contributed by atoms with Crippen molar-refractivity contribution in [2.24, 2.45) is 4.47 Å². The van der Waals surface area contributed by atoms with E-state index in [1.165, 1.54) is 0 Å². The van der Waals surface area contributed by atoms with E-state index in [4.69, 9.17) is 0 Å². The first-order valence-electron chi connectivity index (χ1n) is 2.39. The predicted octanol–water partition coefficient (Wildman–Crippen LogP) is -0.290. The molecule has 0 atom stereocenters. The van der Waals surface area contributed by atoms with Crippen molar-refractivity contribution in [2.75, 3.05) is 6.61 Å². The molecule has 0 aliphatic rings. The van der Waals surface area contributed by atoms with Gasteiger partial charge in [0.2, 0.25) is 0 Å². The van der Waals surface area contributed by atoms with E-state index >= 15 is 0 Å². The molecular formula is C3H6N2O4S. The van der Waals surface area contributed by atoms with Crippen molar-refractivity contribution >= 4 is 16.6 Å². The monoisotopic (exact) mass is 166 g/mol. The minimum absolute atomic E-state index is 0.173. The summed E-state index contributed by atoms with van der Waals surface area (Å²) in [6.45, 7) is 1.76. The van der Waals surface area contributed by atoms with Gasteiger partial charge in [0.25, 0.3) is 0 Å². The zero-order chi connectivity index (χ0) is 7.98. The molecule has 0 spiro atoms. The van der Waals surface area contributed by atoms with Crippen LogP contribution in [0.2, 0.25) is 0 Å². The molecule has 7 heteroatoms. The van der Waals surface area contributed by atoms with Crippen molar-refractivity contribution in [3.63, 3.8) is 0 Å². The first-order chi connectivity index (χ1) is 4.66. The molecule has 0 bridgehead atoms. The van der Waals surface area contributed by atoms with E-state index in [1.807, 2.05) is 0 Å². The van der Waals surface area contributed by atoms with Crippen molar-refractivity contribution in [2.45, 2.75) is 6.92 Å². The summed E-state index contributed by atoms with van der Waals surface area (Å²) in [5, 5.41) is 0. The molecule has 10 heavy (non-hydrogen) atoms. The van der Waals surface area contributed by atoms with E-state index in [-0.39, 0.29) is 6.61 Å². The summed E-state index contributed by atoms with van der Waals surface area (Å²) in [4.78, 5) is 10.2. The van der Waals surface area contributed by atoms with Crippen molar-refractivity contribution in [3.05, 3.63) is 0 Å². The van der Waals surface area contributed by atoms with E-state index in [9.17, 15) is 13.2 Å². The van der Waals surface area contributed by atoms with Crippen LogP contribution in [0.4, 0.5) is 4.79 Å². The van der Waals surface area contributed by atoms with Gasteiger partial charge >= 0.3 is 16.6 Å². The lowest BCUT2D eigenvalue weighted by molar-refractivity contribution is 0.153. The maximum absolute atomic E-state index is 10.2. The summed E-state index contributed by atoms with van der Waals surface area (Å²) < 4.78 is 26.3. The molecule has 0 saturated heterocycles. The van der Waals surface area contributed by atoms with Crippen molar-refractivity contribution < 1.29 is 17.9 Å². The van der Waals surface area contributed by atoms with Gasteiger partial charge in [-0.15, -0.1) is 0 Å². The molecule has 58 valence electrons. The van der Waals surface area contributed by atoms with Crippen LogP contribution in [0.25, 0.3) is 0 Å². The Morgan fingerprint density at radius 3 is 2.70 bits per heavy atom. The highest BCUT2D eigenvalue weighted by atomic mass is 32.2. The topological polar surface area (TPSA) is 84.8 Å². The van der Waals surface area contributed by atoms with Crippen LogP contribution in [0.5, 0.6) is 0 Å². The standard InChI is InChI=1S/C3H6N2O4S/c1-2-9-3(6)4-5-10(7)8/h2H2,1H3,(H,4,6). The molecule has 0 fully saturated rings. The maximum atomic E-state index is 10.2. The van der Waals surface area contributed by atoms with Crippen molar-refractivity contribution in [1.29, 1.82) is 0 Å². The van der Waals surface area contributed by atoms with Gasteiger partial charge in [-0.3, -0.25) is 0 Å². The van der Waals surface area contributed by atoms with E-state index in [0.29, 0.717) is 0 Å². The minimum Gasteiger partial charge on any atom is -0.449 e. The second kappa shape index (κ2) is 4.74. The molecule has 1 N–H and O–H groups in total. The molecule has 0 aromatic heterocycles. The Bertz CT molecular complexity index is 223. The molecule has 0 aromatic rings. The fraction of sp³-hybridized carbons (Fsp3) is 0.667. The average molecular weight is 166 g/mol. The molecule has 0 rings (SSSR count). The summed E-state index contributed by atoms with van der Waals surface area (Å²) in [6, 6.07) is 0. The quantitative estimate of drug-likeness (QED) is 0.571. The number of hydrogen-bond donors (Lipinski definition) is 1. The van der Waals surface area contributed by atoms with E-state index < -0.39 is 16.6 Å². The zero-order valence-corrected chi connectivity index (χ0v) is 6.01. The first-order valence-corrected chi connectivity index (χ1v) is 3.43. The lowest BCUT2D eigenvalue weighted by Crippen LogP contribution is -2.17. The Morgan fingerprint density at radius 2 is 2.30 bits per heavy atom. The Hall–Kier alpha value is -1.11. The van der Waals surface area contributed by atoms with Crippen LogP contribution in [-0.4, -0.2) is 21.1 Å². The number of nitrogens with zero attached hydrogens (tertiary/aromatic N) is 1. The molecule has 0 aromatic carbocycles. The van der Waals surface area contributed by atoms with Crippen LogP contribution in [0.1, 0.15) is 6.92 Å². The highest BCUT2D eigenvalue weighted by Gasteiger charge is 1.94. The number of ether oxygens (including phenoxy) is 1. The zero-order valence-electron chi connectivity index (χ0n) is 5.20.